The third kappa shape index (κ3) is 4.79. The van der Waals surface area contributed by atoms with Crippen LogP contribution in [-0.4, -0.2) is 33.8 Å². The SMILES string of the molecule is Cc1cccc(C#CC=C2CCN(C(=O)c3cccc([N+](=O)[O-])c3)CC2)n1. The Kier molecular flexibility index (Phi) is 5.62. The zero-order chi connectivity index (χ0) is 19.2. The van der Waals surface area contributed by atoms with E-state index in [0.29, 0.717) is 18.7 Å². The second-order valence-electron chi connectivity index (χ2n) is 6.34. The number of carbonyl (C=O) groups excluding carboxylic acids is 1. The molecule has 1 aromatic carbocycles. The summed E-state index contributed by atoms with van der Waals surface area (Å²) in [5.41, 5.74) is 3.14. The predicted molar refractivity (Wildman–Crippen MR) is 102 cm³/mol. The molecule has 1 saturated heterocycles. The molecule has 0 spiro atoms. The molecular formula is C21H19N3O3. The highest BCUT2D eigenvalue weighted by molar-refractivity contribution is 5.95. The zero-order valence-corrected chi connectivity index (χ0v) is 15.0. The number of pyridine rings is 1. The summed E-state index contributed by atoms with van der Waals surface area (Å²) < 4.78 is 0. The highest BCUT2D eigenvalue weighted by atomic mass is 16.6. The predicted octanol–water partition coefficient (Wildman–Crippen LogP) is 3.51. The molecule has 0 radical (unpaired) electrons. The van der Waals surface area contributed by atoms with Crippen LogP contribution in [0.3, 0.4) is 0 Å². The number of allylic oxidation sites excluding steroid dienone is 1. The third-order valence-corrected chi connectivity index (χ3v) is 4.36. The van der Waals surface area contributed by atoms with Crippen LogP contribution < -0.4 is 0 Å². The number of hydrogen-bond acceptors (Lipinski definition) is 4. The molecule has 1 aromatic heterocycles. The number of carbonyl (C=O) groups is 1. The standard InChI is InChI=1S/C21H19N3O3/c1-16-5-2-8-19(22-16)9-3-6-17-11-13-23(14-12-17)21(25)18-7-4-10-20(15-18)24(26)27/h2,4-8,10,15H,11-14H2,1H3. The average molecular weight is 361 g/mol. The van der Waals surface area contributed by atoms with E-state index in [1.165, 1.54) is 23.8 Å². The molecular weight excluding hydrogens is 342 g/mol. The molecule has 0 unspecified atom stereocenters. The molecule has 1 fully saturated rings. The van der Waals surface area contributed by atoms with E-state index in [1.54, 1.807) is 11.0 Å². The van der Waals surface area contributed by atoms with Gasteiger partial charge >= 0.3 is 0 Å². The fourth-order valence-corrected chi connectivity index (χ4v) is 2.90. The fraction of sp³-hybridized carbons (Fsp3) is 0.238. The quantitative estimate of drug-likeness (QED) is 0.466. The number of nitro benzene ring substituents is 1. The van der Waals surface area contributed by atoms with Crippen molar-refractivity contribution < 1.29 is 9.72 Å². The van der Waals surface area contributed by atoms with Crippen molar-refractivity contribution in [2.45, 2.75) is 19.8 Å². The molecule has 0 atom stereocenters. The maximum absolute atomic E-state index is 12.6. The van der Waals surface area contributed by atoms with Crippen LogP contribution in [0.4, 0.5) is 5.69 Å². The summed E-state index contributed by atoms with van der Waals surface area (Å²) in [4.78, 5) is 29.0. The topological polar surface area (TPSA) is 76.3 Å². The number of aromatic nitrogens is 1. The van der Waals surface area contributed by atoms with E-state index < -0.39 is 4.92 Å². The minimum atomic E-state index is -0.490. The first-order valence-corrected chi connectivity index (χ1v) is 8.70. The van der Waals surface area contributed by atoms with Crippen molar-refractivity contribution in [3.8, 4) is 11.8 Å². The van der Waals surface area contributed by atoms with Crippen LogP contribution >= 0.6 is 0 Å². The Bertz CT molecular complexity index is 960. The van der Waals surface area contributed by atoms with Crippen molar-refractivity contribution >= 4 is 11.6 Å². The summed E-state index contributed by atoms with van der Waals surface area (Å²) in [5.74, 6) is 5.90. The number of rotatable bonds is 2. The molecule has 1 aliphatic heterocycles. The summed E-state index contributed by atoms with van der Waals surface area (Å²) in [5, 5.41) is 10.9. The van der Waals surface area contributed by atoms with Crippen LogP contribution in [0.5, 0.6) is 0 Å². The summed E-state index contributed by atoms with van der Waals surface area (Å²) in [6.45, 7) is 3.09. The minimum absolute atomic E-state index is 0.0709. The number of aryl methyl sites for hydroxylation is 1. The number of non-ortho nitro benzene ring substituents is 1. The van der Waals surface area contributed by atoms with Crippen LogP contribution in [0.15, 0.2) is 54.1 Å². The lowest BCUT2D eigenvalue weighted by Crippen LogP contribution is -2.36. The number of nitrogens with zero attached hydrogens (tertiary/aromatic N) is 3. The molecule has 6 heteroatoms. The fourth-order valence-electron chi connectivity index (χ4n) is 2.90. The van der Waals surface area contributed by atoms with Gasteiger partial charge in [0.05, 0.1) is 4.92 Å². The summed E-state index contributed by atoms with van der Waals surface area (Å²) in [6, 6.07) is 11.6. The Hall–Kier alpha value is -3.46. The lowest BCUT2D eigenvalue weighted by molar-refractivity contribution is -0.384. The van der Waals surface area contributed by atoms with Gasteiger partial charge in [-0.15, -0.1) is 0 Å². The maximum Gasteiger partial charge on any atom is 0.270 e. The van der Waals surface area contributed by atoms with Crippen LogP contribution in [0.1, 0.15) is 34.6 Å². The first kappa shape index (κ1) is 18.3. The Morgan fingerprint density at radius 2 is 1.96 bits per heavy atom. The number of nitro groups is 1. The lowest BCUT2D eigenvalue weighted by Gasteiger charge is -2.28. The molecule has 3 rings (SSSR count). The summed E-state index contributed by atoms with van der Waals surface area (Å²) >= 11 is 0. The monoisotopic (exact) mass is 361 g/mol. The molecule has 0 N–H and O–H groups in total. The molecule has 6 nitrogen and oxygen atoms in total. The zero-order valence-electron chi connectivity index (χ0n) is 15.0. The molecule has 0 saturated carbocycles. The number of hydrogen-bond donors (Lipinski definition) is 0. The highest BCUT2D eigenvalue weighted by Crippen LogP contribution is 2.20. The van der Waals surface area contributed by atoms with E-state index in [0.717, 1.165) is 24.2 Å². The first-order valence-electron chi connectivity index (χ1n) is 8.70. The average Bonchev–Trinajstić information content (AvgIpc) is 2.68. The van der Waals surface area contributed by atoms with Crippen molar-refractivity contribution in [1.29, 1.82) is 0 Å². The molecule has 2 aromatic rings. The van der Waals surface area contributed by atoms with Crippen LogP contribution in [-0.2, 0) is 0 Å². The van der Waals surface area contributed by atoms with Crippen molar-refractivity contribution in [2.24, 2.45) is 0 Å². The van der Waals surface area contributed by atoms with Crippen molar-refractivity contribution in [3.05, 3.63) is 81.2 Å². The number of benzene rings is 1. The largest absolute Gasteiger partial charge is 0.338 e. The lowest BCUT2D eigenvalue weighted by atomic mass is 10.0. The minimum Gasteiger partial charge on any atom is -0.338 e. The van der Waals surface area contributed by atoms with Gasteiger partial charge < -0.3 is 4.90 Å². The van der Waals surface area contributed by atoms with E-state index in [9.17, 15) is 14.9 Å². The smallest absolute Gasteiger partial charge is 0.270 e. The third-order valence-electron chi connectivity index (χ3n) is 4.36. The molecule has 0 bridgehead atoms. The summed E-state index contributed by atoms with van der Waals surface area (Å²) in [6.07, 6.45) is 3.40. The molecule has 2 heterocycles. The Labute approximate surface area is 157 Å². The van der Waals surface area contributed by atoms with Crippen LogP contribution in [0.25, 0.3) is 0 Å². The van der Waals surface area contributed by atoms with Gasteiger partial charge in [-0.05, 0) is 50.0 Å². The molecule has 1 amide bonds. The molecule has 0 aliphatic carbocycles. The van der Waals surface area contributed by atoms with Gasteiger partial charge in [-0.1, -0.05) is 23.6 Å². The Morgan fingerprint density at radius 3 is 2.67 bits per heavy atom. The van der Waals surface area contributed by atoms with Gasteiger partial charge in [-0.3, -0.25) is 14.9 Å². The molecule has 136 valence electrons. The van der Waals surface area contributed by atoms with E-state index in [1.807, 2.05) is 31.2 Å². The van der Waals surface area contributed by atoms with E-state index in [4.69, 9.17) is 0 Å². The van der Waals surface area contributed by atoms with Gasteiger partial charge in [0.2, 0.25) is 0 Å². The second-order valence-corrected chi connectivity index (χ2v) is 6.34. The number of likely N-dealkylation sites (tertiary alicyclic amines) is 1. The van der Waals surface area contributed by atoms with Crippen LogP contribution in [0.2, 0.25) is 0 Å². The molecule has 27 heavy (non-hydrogen) atoms. The van der Waals surface area contributed by atoms with Crippen molar-refractivity contribution in [3.63, 3.8) is 0 Å². The van der Waals surface area contributed by atoms with Gasteiger partial charge in [-0.25, -0.2) is 4.98 Å². The maximum atomic E-state index is 12.6. The van der Waals surface area contributed by atoms with Crippen LogP contribution in [0, 0.1) is 28.9 Å². The highest BCUT2D eigenvalue weighted by Gasteiger charge is 2.21. The van der Waals surface area contributed by atoms with Crippen molar-refractivity contribution in [1.82, 2.24) is 9.88 Å². The van der Waals surface area contributed by atoms with Gasteiger partial charge in [-0.2, -0.15) is 0 Å². The normalized spacial score (nSPS) is 13.5. The first-order chi connectivity index (χ1) is 13.0. The van der Waals surface area contributed by atoms with E-state index in [2.05, 4.69) is 16.8 Å². The number of piperidine rings is 1. The Balaban J connectivity index is 1.61. The van der Waals surface area contributed by atoms with Gasteiger partial charge in [0.1, 0.15) is 5.69 Å². The van der Waals surface area contributed by atoms with Gasteiger partial charge in [0, 0.05) is 36.5 Å². The van der Waals surface area contributed by atoms with E-state index >= 15 is 0 Å². The summed E-state index contributed by atoms with van der Waals surface area (Å²) in [7, 11) is 0. The van der Waals surface area contributed by atoms with Gasteiger partial charge in [0.15, 0.2) is 0 Å². The number of amides is 1. The van der Waals surface area contributed by atoms with Gasteiger partial charge in [0.25, 0.3) is 11.6 Å². The second kappa shape index (κ2) is 8.28. The molecule has 1 aliphatic rings. The Morgan fingerprint density at radius 1 is 1.22 bits per heavy atom. The van der Waals surface area contributed by atoms with Crippen molar-refractivity contribution in [2.75, 3.05) is 13.1 Å². The van der Waals surface area contributed by atoms with E-state index in [-0.39, 0.29) is 11.6 Å².